The summed E-state index contributed by atoms with van der Waals surface area (Å²) in [7, 11) is 0. The molecule has 1 saturated heterocycles. The molecule has 0 spiro atoms. The Labute approximate surface area is 134 Å². The minimum absolute atomic E-state index is 0.0449. The molecule has 2 heterocycles. The average molecular weight is 317 g/mol. The predicted molar refractivity (Wildman–Crippen MR) is 84.8 cm³/mol. The van der Waals surface area contributed by atoms with Crippen LogP contribution in [0.25, 0.3) is 0 Å². The van der Waals surface area contributed by atoms with Gasteiger partial charge in [-0.05, 0) is 51.3 Å². The number of urea groups is 1. The first-order chi connectivity index (χ1) is 11.0. The van der Waals surface area contributed by atoms with Crippen molar-refractivity contribution in [3.63, 3.8) is 0 Å². The Morgan fingerprint density at radius 3 is 2.83 bits per heavy atom. The second-order valence-corrected chi connectivity index (χ2v) is 5.98. The molecule has 3 rings (SSSR count). The van der Waals surface area contributed by atoms with Crippen LogP contribution in [0.15, 0.2) is 22.7 Å². The smallest absolute Gasteiger partial charge is 0.322 e. The van der Waals surface area contributed by atoms with Gasteiger partial charge in [0.15, 0.2) is 0 Å². The van der Waals surface area contributed by atoms with E-state index in [9.17, 15) is 9.18 Å². The van der Waals surface area contributed by atoms with E-state index in [1.54, 1.807) is 24.0 Å². The molecule has 0 aliphatic carbocycles. The normalized spacial score (nSPS) is 17.6. The standard InChI is InChI=1S/C17H20FN3O2/c1-10-6-7-13(9-14(10)18)19-17(22)21-8-4-5-15(21)16-11(2)20-23-12(16)3/h6-7,9,15H,4-5,8H2,1-3H3,(H,19,22)/t15-/m0/s1. The highest BCUT2D eigenvalue weighted by atomic mass is 19.1. The topological polar surface area (TPSA) is 58.4 Å². The second-order valence-electron chi connectivity index (χ2n) is 5.98. The zero-order chi connectivity index (χ0) is 16.6. The van der Waals surface area contributed by atoms with Gasteiger partial charge < -0.3 is 14.7 Å². The van der Waals surface area contributed by atoms with Crippen LogP contribution in [-0.2, 0) is 0 Å². The van der Waals surface area contributed by atoms with Crippen LogP contribution in [0, 0.1) is 26.6 Å². The van der Waals surface area contributed by atoms with Gasteiger partial charge in [-0.15, -0.1) is 0 Å². The summed E-state index contributed by atoms with van der Waals surface area (Å²) in [6.07, 6.45) is 1.79. The average Bonchev–Trinajstić information content (AvgIpc) is 3.09. The maximum Gasteiger partial charge on any atom is 0.322 e. The number of amides is 2. The van der Waals surface area contributed by atoms with Gasteiger partial charge in [0.05, 0.1) is 11.7 Å². The highest BCUT2D eigenvalue weighted by molar-refractivity contribution is 5.89. The van der Waals surface area contributed by atoms with E-state index < -0.39 is 0 Å². The zero-order valence-corrected chi connectivity index (χ0v) is 13.5. The summed E-state index contributed by atoms with van der Waals surface area (Å²) in [5.41, 5.74) is 2.81. The van der Waals surface area contributed by atoms with Crippen LogP contribution < -0.4 is 5.32 Å². The monoisotopic (exact) mass is 317 g/mol. The van der Waals surface area contributed by atoms with Gasteiger partial charge in [0.25, 0.3) is 0 Å². The van der Waals surface area contributed by atoms with Crippen LogP contribution in [0.3, 0.4) is 0 Å². The van der Waals surface area contributed by atoms with Gasteiger partial charge in [-0.3, -0.25) is 0 Å². The molecule has 1 aromatic heterocycles. The molecule has 2 amide bonds. The molecule has 1 aliphatic heterocycles. The quantitative estimate of drug-likeness (QED) is 0.907. The Balaban J connectivity index is 1.79. The number of rotatable bonds is 2. The summed E-state index contributed by atoms with van der Waals surface area (Å²) in [5.74, 6) is 0.417. The van der Waals surface area contributed by atoms with Crippen molar-refractivity contribution in [3.8, 4) is 0 Å². The molecular formula is C17H20FN3O2. The van der Waals surface area contributed by atoms with E-state index in [0.29, 0.717) is 17.8 Å². The van der Waals surface area contributed by atoms with Crippen molar-refractivity contribution >= 4 is 11.7 Å². The highest BCUT2D eigenvalue weighted by Gasteiger charge is 2.33. The Kier molecular flexibility index (Phi) is 4.07. The molecule has 5 nitrogen and oxygen atoms in total. The van der Waals surface area contributed by atoms with Crippen molar-refractivity contribution < 1.29 is 13.7 Å². The van der Waals surface area contributed by atoms with E-state index in [0.717, 1.165) is 29.9 Å². The van der Waals surface area contributed by atoms with E-state index in [4.69, 9.17) is 4.52 Å². The van der Waals surface area contributed by atoms with Crippen molar-refractivity contribution in [3.05, 3.63) is 46.6 Å². The van der Waals surface area contributed by atoms with Gasteiger partial charge >= 0.3 is 6.03 Å². The van der Waals surface area contributed by atoms with E-state index in [-0.39, 0.29) is 17.9 Å². The summed E-state index contributed by atoms with van der Waals surface area (Å²) < 4.78 is 18.9. The number of aromatic nitrogens is 1. The molecule has 1 aromatic carbocycles. The van der Waals surface area contributed by atoms with Crippen LogP contribution in [0.4, 0.5) is 14.9 Å². The molecule has 1 aliphatic rings. The maximum atomic E-state index is 13.6. The molecule has 1 atom stereocenters. The van der Waals surface area contributed by atoms with Gasteiger partial charge in [0.1, 0.15) is 11.6 Å². The summed E-state index contributed by atoms with van der Waals surface area (Å²) in [6.45, 7) is 6.10. The number of anilines is 1. The first-order valence-corrected chi connectivity index (χ1v) is 7.74. The summed E-state index contributed by atoms with van der Waals surface area (Å²) >= 11 is 0. The molecule has 122 valence electrons. The third-order valence-electron chi connectivity index (χ3n) is 4.36. The number of carbonyl (C=O) groups excluding carboxylic acids is 1. The van der Waals surface area contributed by atoms with Crippen LogP contribution >= 0.6 is 0 Å². The predicted octanol–water partition coefficient (Wildman–Crippen LogP) is 4.11. The van der Waals surface area contributed by atoms with E-state index in [1.165, 1.54) is 6.07 Å². The van der Waals surface area contributed by atoms with Crippen molar-refractivity contribution in [2.75, 3.05) is 11.9 Å². The van der Waals surface area contributed by atoms with Crippen molar-refractivity contribution in [2.45, 2.75) is 39.7 Å². The van der Waals surface area contributed by atoms with E-state index >= 15 is 0 Å². The summed E-state index contributed by atoms with van der Waals surface area (Å²) in [4.78, 5) is 14.3. The molecule has 0 saturated carbocycles. The van der Waals surface area contributed by atoms with Crippen LogP contribution in [-0.4, -0.2) is 22.6 Å². The summed E-state index contributed by atoms with van der Waals surface area (Å²) in [6, 6.07) is 4.43. The van der Waals surface area contributed by atoms with Crippen molar-refractivity contribution in [1.29, 1.82) is 0 Å². The lowest BCUT2D eigenvalue weighted by molar-refractivity contribution is 0.206. The number of halogens is 1. The lowest BCUT2D eigenvalue weighted by Crippen LogP contribution is -2.34. The Morgan fingerprint density at radius 2 is 2.17 bits per heavy atom. The number of benzene rings is 1. The Bertz CT molecular complexity index is 722. The van der Waals surface area contributed by atoms with E-state index in [2.05, 4.69) is 10.5 Å². The Morgan fingerprint density at radius 1 is 1.39 bits per heavy atom. The third-order valence-corrected chi connectivity index (χ3v) is 4.36. The molecule has 2 aromatic rings. The molecule has 0 unspecified atom stereocenters. The number of nitrogens with zero attached hydrogens (tertiary/aromatic N) is 2. The molecule has 1 N–H and O–H groups in total. The SMILES string of the molecule is Cc1ccc(NC(=O)N2CCC[C@H]2c2c(C)noc2C)cc1F. The Hall–Kier alpha value is -2.37. The third kappa shape index (κ3) is 2.93. The largest absolute Gasteiger partial charge is 0.361 e. The number of likely N-dealkylation sites (tertiary alicyclic amines) is 1. The first-order valence-electron chi connectivity index (χ1n) is 7.74. The number of hydrogen-bond donors (Lipinski definition) is 1. The fraction of sp³-hybridized carbons (Fsp3) is 0.412. The lowest BCUT2D eigenvalue weighted by Gasteiger charge is -2.25. The van der Waals surface area contributed by atoms with Crippen molar-refractivity contribution in [1.82, 2.24) is 10.1 Å². The van der Waals surface area contributed by atoms with Gasteiger partial charge in [0, 0.05) is 17.8 Å². The van der Waals surface area contributed by atoms with Crippen LogP contribution in [0.5, 0.6) is 0 Å². The van der Waals surface area contributed by atoms with Crippen LogP contribution in [0.1, 0.15) is 41.5 Å². The highest BCUT2D eigenvalue weighted by Crippen LogP contribution is 2.35. The number of aryl methyl sites for hydroxylation is 3. The van der Waals surface area contributed by atoms with E-state index in [1.807, 2.05) is 13.8 Å². The number of hydrogen-bond acceptors (Lipinski definition) is 3. The van der Waals surface area contributed by atoms with Gasteiger partial charge in [-0.1, -0.05) is 11.2 Å². The molecule has 0 radical (unpaired) electrons. The fourth-order valence-electron chi connectivity index (χ4n) is 3.14. The van der Waals surface area contributed by atoms with Gasteiger partial charge in [0.2, 0.25) is 0 Å². The molecule has 1 fully saturated rings. The zero-order valence-electron chi connectivity index (χ0n) is 13.5. The lowest BCUT2D eigenvalue weighted by atomic mass is 10.0. The second kappa shape index (κ2) is 6.02. The summed E-state index contributed by atoms with van der Waals surface area (Å²) in [5, 5.41) is 6.76. The first kappa shape index (κ1) is 15.5. The fourth-order valence-corrected chi connectivity index (χ4v) is 3.14. The maximum absolute atomic E-state index is 13.6. The molecule has 0 bridgehead atoms. The minimum Gasteiger partial charge on any atom is -0.361 e. The molecule has 6 heteroatoms. The number of carbonyl (C=O) groups is 1. The van der Waals surface area contributed by atoms with Crippen LogP contribution in [0.2, 0.25) is 0 Å². The van der Waals surface area contributed by atoms with Gasteiger partial charge in [-0.2, -0.15) is 0 Å². The number of nitrogens with one attached hydrogen (secondary N) is 1. The molecule has 23 heavy (non-hydrogen) atoms. The molecular weight excluding hydrogens is 297 g/mol. The van der Waals surface area contributed by atoms with Gasteiger partial charge in [-0.25, -0.2) is 9.18 Å². The van der Waals surface area contributed by atoms with Crippen molar-refractivity contribution in [2.24, 2.45) is 0 Å². The minimum atomic E-state index is -0.327.